The third-order valence-corrected chi connectivity index (χ3v) is 7.01. The molecule has 0 saturated carbocycles. The van der Waals surface area contributed by atoms with E-state index >= 15 is 4.39 Å². The van der Waals surface area contributed by atoms with Crippen LogP contribution in [-0.4, -0.2) is 61.5 Å². The van der Waals surface area contributed by atoms with Gasteiger partial charge in [-0.25, -0.2) is 18.2 Å². The number of rotatable bonds is 2. The predicted octanol–water partition coefficient (Wildman–Crippen LogP) is 2.72. The summed E-state index contributed by atoms with van der Waals surface area (Å²) in [5, 5.41) is 4.00. The molecule has 0 radical (unpaired) electrons. The standard InChI is InChI=1S/C22H21F3N6O2/c1-12-14(23)8-13(9-27-12)16-2-3-19-30(16)21(32)22(33-19)5-7-29(11-17(22)25)18-4-6-26-20-15(24)10-28-31(18)20/h4,6,8-10,16-17,19H,2-3,5,7,11H2,1H3. The van der Waals surface area contributed by atoms with Gasteiger partial charge in [-0.05, 0) is 37.5 Å². The molecule has 0 N–H and O–H groups in total. The lowest BCUT2D eigenvalue weighted by atomic mass is 9.88. The Morgan fingerprint density at radius 1 is 1.18 bits per heavy atom. The van der Waals surface area contributed by atoms with Crippen LogP contribution in [0.4, 0.5) is 19.0 Å². The zero-order chi connectivity index (χ0) is 22.9. The van der Waals surface area contributed by atoms with Crippen LogP contribution in [0.3, 0.4) is 0 Å². The van der Waals surface area contributed by atoms with Crippen molar-refractivity contribution in [2.45, 2.75) is 50.2 Å². The quantitative estimate of drug-likeness (QED) is 0.588. The number of aromatic nitrogens is 4. The predicted molar refractivity (Wildman–Crippen MR) is 110 cm³/mol. The Morgan fingerprint density at radius 2 is 2.03 bits per heavy atom. The Balaban J connectivity index is 1.27. The van der Waals surface area contributed by atoms with Gasteiger partial charge >= 0.3 is 0 Å². The van der Waals surface area contributed by atoms with E-state index in [4.69, 9.17) is 4.74 Å². The summed E-state index contributed by atoms with van der Waals surface area (Å²) in [6.45, 7) is 1.78. The first-order valence-corrected chi connectivity index (χ1v) is 10.9. The molecule has 8 nitrogen and oxygen atoms in total. The first-order chi connectivity index (χ1) is 15.9. The van der Waals surface area contributed by atoms with Crippen molar-refractivity contribution >= 4 is 17.4 Å². The van der Waals surface area contributed by atoms with Crippen molar-refractivity contribution in [2.24, 2.45) is 0 Å². The van der Waals surface area contributed by atoms with Gasteiger partial charge in [0.15, 0.2) is 23.2 Å². The van der Waals surface area contributed by atoms with Crippen LogP contribution in [0, 0.1) is 18.6 Å². The largest absolute Gasteiger partial charge is 0.353 e. The molecule has 1 spiro atoms. The molecule has 3 aliphatic heterocycles. The minimum Gasteiger partial charge on any atom is -0.353 e. The number of piperidine rings is 1. The third-order valence-electron chi connectivity index (χ3n) is 7.01. The highest BCUT2D eigenvalue weighted by atomic mass is 19.1. The number of hydrogen-bond donors (Lipinski definition) is 0. The molecule has 4 unspecified atom stereocenters. The summed E-state index contributed by atoms with van der Waals surface area (Å²) in [4.78, 5) is 24.8. The van der Waals surface area contributed by atoms with Gasteiger partial charge in [0, 0.05) is 25.4 Å². The maximum atomic E-state index is 15.7. The number of aryl methyl sites for hydroxylation is 1. The molecule has 3 aromatic rings. The van der Waals surface area contributed by atoms with Gasteiger partial charge in [-0.15, -0.1) is 0 Å². The summed E-state index contributed by atoms with van der Waals surface area (Å²) in [6, 6.07) is 2.62. The average Bonchev–Trinajstić information content (AvgIpc) is 3.47. The first-order valence-electron chi connectivity index (χ1n) is 10.9. The second-order valence-electron chi connectivity index (χ2n) is 8.80. The van der Waals surface area contributed by atoms with Crippen molar-refractivity contribution in [1.29, 1.82) is 0 Å². The number of carbonyl (C=O) groups excluding carboxylic acids is 1. The molecule has 1 amide bonds. The van der Waals surface area contributed by atoms with E-state index < -0.39 is 41.6 Å². The number of ether oxygens (including phenoxy) is 1. The van der Waals surface area contributed by atoms with Crippen molar-refractivity contribution in [3.05, 3.63) is 53.6 Å². The van der Waals surface area contributed by atoms with Crippen LogP contribution in [-0.2, 0) is 9.53 Å². The molecule has 3 aromatic heterocycles. The number of fused-ring (bicyclic) bond motifs is 2. The Labute approximate surface area is 187 Å². The first kappa shape index (κ1) is 20.4. The molecule has 4 atom stereocenters. The molecule has 0 aliphatic carbocycles. The minimum absolute atomic E-state index is 0.0545. The minimum atomic E-state index is -1.61. The molecule has 6 heterocycles. The highest BCUT2D eigenvalue weighted by Crippen LogP contribution is 2.48. The number of amides is 1. The van der Waals surface area contributed by atoms with Gasteiger partial charge in [-0.3, -0.25) is 9.78 Å². The Bertz CT molecular complexity index is 1270. The molecule has 0 bridgehead atoms. The molecule has 3 saturated heterocycles. The second kappa shape index (κ2) is 7.14. The molecular weight excluding hydrogens is 437 g/mol. The fourth-order valence-corrected chi connectivity index (χ4v) is 5.27. The number of nitrogens with zero attached hydrogens (tertiary/aromatic N) is 6. The molecule has 3 aliphatic rings. The van der Waals surface area contributed by atoms with Crippen LogP contribution in [0.5, 0.6) is 0 Å². The summed E-state index contributed by atoms with van der Waals surface area (Å²) in [5.74, 6) is -0.918. The van der Waals surface area contributed by atoms with E-state index in [1.807, 2.05) is 0 Å². The van der Waals surface area contributed by atoms with E-state index in [-0.39, 0.29) is 24.3 Å². The third kappa shape index (κ3) is 2.87. The molecule has 33 heavy (non-hydrogen) atoms. The van der Waals surface area contributed by atoms with Gasteiger partial charge in [0.05, 0.1) is 24.5 Å². The van der Waals surface area contributed by atoms with E-state index in [1.165, 1.54) is 16.8 Å². The monoisotopic (exact) mass is 458 g/mol. The number of hydrogen-bond acceptors (Lipinski definition) is 6. The van der Waals surface area contributed by atoms with Crippen molar-refractivity contribution in [1.82, 2.24) is 24.5 Å². The number of pyridine rings is 1. The van der Waals surface area contributed by atoms with Crippen LogP contribution in [0.2, 0.25) is 0 Å². The molecule has 3 fully saturated rings. The highest BCUT2D eigenvalue weighted by molar-refractivity contribution is 5.89. The Hall–Kier alpha value is -3.21. The molecular formula is C22H21F3N6O2. The van der Waals surface area contributed by atoms with Crippen molar-refractivity contribution in [3.8, 4) is 0 Å². The molecule has 172 valence electrons. The Kier molecular flexibility index (Phi) is 4.42. The smallest absolute Gasteiger partial charge is 0.260 e. The summed E-state index contributed by atoms with van der Waals surface area (Å²) in [5.41, 5.74) is -0.661. The van der Waals surface area contributed by atoms with Gasteiger partial charge in [-0.1, -0.05) is 0 Å². The van der Waals surface area contributed by atoms with Crippen molar-refractivity contribution < 1.29 is 22.7 Å². The van der Waals surface area contributed by atoms with Crippen molar-refractivity contribution in [2.75, 3.05) is 18.0 Å². The summed E-state index contributed by atoms with van der Waals surface area (Å²) in [7, 11) is 0. The van der Waals surface area contributed by atoms with Gasteiger partial charge in [0.1, 0.15) is 17.9 Å². The lowest BCUT2D eigenvalue weighted by molar-refractivity contribution is -0.148. The molecule has 6 rings (SSSR count). The van der Waals surface area contributed by atoms with Crippen LogP contribution < -0.4 is 4.90 Å². The number of halogens is 3. The maximum absolute atomic E-state index is 15.7. The van der Waals surface area contributed by atoms with E-state index in [0.717, 1.165) is 6.20 Å². The van der Waals surface area contributed by atoms with Gasteiger partial charge in [-0.2, -0.15) is 9.61 Å². The zero-order valence-electron chi connectivity index (χ0n) is 17.8. The lowest BCUT2D eigenvalue weighted by Gasteiger charge is -2.40. The highest BCUT2D eigenvalue weighted by Gasteiger charge is 2.62. The van der Waals surface area contributed by atoms with E-state index in [2.05, 4.69) is 15.1 Å². The SMILES string of the molecule is Cc1ncc(C2CCC3OC4(CCN(c5ccnc6c(F)cnn56)CC4F)C(=O)N32)cc1F. The number of carbonyl (C=O) groups is 1. The number of anilines is 1. The fourth-order valence-electron chi connectivity index (χ4n) is 5.27. The van der Waals surface area contributed by atoms with Gasteiger partial charge in [0.2, 0.25) is 0 Å². The van der Waals surface area contributed by atoms with E-state index in [0.29, 0.717) is 30.8 Å². The van der Waals surface area contributed by atoms with Gasteiger partial charge in [0.25, 0.3) is 5.91 Å². The number of alkyl halides is 1. The van der Waals surface area contributed by atoms with Crippen molar-refractivity contribution in [3.63, 3.8) is 0 Å². The lowest BCUT2D eigenvalue weighted by Crippen LogP contribution is -2.59. The topological polar surface area (TPSA) is 75.9 Å². The van der Waals surface area contributed by atoms with Crippen LogP contribution >= 0.6 is 0 Å². The second-order valence-corrected chi connectivity index (χ2v) is 8.80. The molecule has 11 heteroatoms. The van der Waals surface area contributed by atoms with E-state index in [9.17, 15) is 13.6 Å². The van der Waals surface area contributed by atoms with Crippen LogP contribution in [0.1, 0.15) is 36.6 Å². The summed E-state index contributed by atoms with van der Waals surface area (Å²) >= 11 is 0. The maximum Gasteiger partial charge on any atom is 0.260 e. The summed E-state index contributed by atoms with van der Waals surface area (Å²) < 4.78 is 51.1. The van der Waals surface area contributed by atoms with Crippen LogP contribution in [0.15, 0.2) is 30.7 Å². The van der Waals surface area contributed by atoms with E-state index in [1.54, 1.807) is 29.0 Å². The average molecular weight is 458 g/mol. The Morgan fingerprint density at radius 3 is 2.82 bits per heavy atom. The summed E-state index contributed by atoms with van der Waals surface area (Å²) in [6.07, 6.45) is 3.18. The normalized spacial score (nSPS) is 29.5. The van der Waals surface area contributed by atoms with Gasteiger partial charge < -0.3 is 14.5 Å². The molecule has 0 aromatic carbocycles. The van der Waals surface area contributed by atoms with Crippen LogP contribution in [0.25, 0.3) is 5.65 Å². The zero-order valence-corrected chi connectivity index (χ0v) is 17.8. The fraction of sp³-hybridized carbons (Fsp3) is 0.455.